The van der Waals surface area contributed by atoms with Gasteiger partial charge in [-0.05, 0) is 52.9 Å². The molecule has 2 heterocycles. The number of unbranched alkanes of at least 4 members (excludes halogenated alkanes) is 1. The van der Waals surface area contributed by atoms with Crippen LogP contribution in [-0.4, -0.2) is 51.4 Å². The number of nitrogens with zero attached hydrogens (tertiary/aromatic N) is 2. The molecule has 3 rings (SSSR count). The molecule has 0 unspecified atom stereocenters. The molecule has 2 aromatic rings. The Kier molecular flexibility index (Phi) is 7.84. The van der Waals surface area contributed by atoms with Gasteiger partial charge in [-0.25, -0.2) is 8.61 Å². The van der Waals surface area contributed by atoms with Gasteiger partial charge in [-0.1, -0.05) is 31.5 Å². The van der Waals surface area contributed by atoms with E-state index in [4.69, 9.17) is 9.47 Å². The first-order valence-corrected chi connectivity index (χ1v) is 13.1. The first-order chi connectivity index (χ1) is 15.2. The zero-order valence-corrected chi connectivity index (χ0v) is 21.3. The number of esters is 1. The van der Waals surface area contributed by atoms with Crippen LogP contribution in [0.3, 0.4) is 0 Å². The van der Waals surface area contributed by atoms with Gasteiger partial charge in [0.05, 0.1) is 23.1 Å². The Bertz CT molecular complexity index is 1120. The molecule has 8 nitrogen and oxygen atoms in total. The highest BCUT2D eigenvalue weighted by molar-refractivity contribution is 9.11. The van der Waals surface area contributed by atoms with Crippen molar-refractivity contribution in [3.8, 4) is 5.75 Å². The molecule has 0 saturated carbocycles. The van der Waals surface area contributed by atoms with Crippen LogP contribution < -0.4 is 9.04 Å². The summed E-state index contributed by atoms with van der Waals surface area (Å²) in [5, 5.41) is 0.338. The van der Waals surface area contributed by atoms with Crippen LogP contribution in [0.25, 0.3) is 0 Å². The molecule has 32 heavy (non-hydrogen) atoms. The summed E-state index contributed by atoms with van der Waals surface area (Å²) in [6.45, 7) is 3.29. The number of methoxy groups -OCH3 is 1. The zero-order chi connectivity index (χ0) is 23.5. The fourth-order valence-electron chi connectivity index (χ4n) is 3.35. The second kappa shape index (κ2) is 10.2. The van der Waals surface area contributed by atoms with Crippen LogP contribution in [-0.2, 0) is 26.2 Å². The first kappa shape index (κ1) is 24.5. The average Bonchev–Trinajstić information content (AvgIpc) is 3.05. The fourth-order valence-corrected chi connectivity index (χ4v) is 6.79. The number of anilines is 1. The maximum atomic E-state index is 13.4. The summed E-state index contributed by atoms with van der Waals surface area (Å²) in [6.07, 6.45) is 1.86. The number of fused-ring (bicyclic) bond motifs is 1. The predicted octanol–water partition coefficient (Wildman–Crippen LogP) is 3.92. The van der Waals surface area contributed by atoms with E-state index in [1.54, 1.807) is 20.1 Å². The van der Waals surface area contributed by atoms with E-state index in [0.717, 1.165) is 12.0 Å². The van der Waals surface area contributed by atoms with Crippen molar-refractivity contribution in [2.75, 3.05) is 31.1 Å². The summed E-state index contributed by atoms with van der Waals surface area (Å²) in [5.74, 6) is -0.825. The van der Waals surface area contributed by atoms with Gasteiger partial charge in [0, 0.05) is 6.54 Å². The molecule has 0 saturated heterocycles. The van der Waals surface area contributed by atoms with Crippen molar-refractivity contribution in [1.29, 1.82) is 0 Å². The molecule has 0 bridgehead atoms. The highest BCUT2D eigenvalue weighted by Gasteiger charge is 2.45. The van der Waals surface area contributed by atoms with E-state index in [0.29, 0.717) is 37.2 Å². The number of rotatable bonds is 9. The number of amides is 1. The molecule has 0 radical (unpaired) electrons. The minimum atomic E-state index is -4.28. The zero-order valence-electron chi connectivity index (χ0n) is 18.1. The van der Waals surface area contributed by atoms with Crippen molar-refractivity contribution in [2.45, 2.75) is 33.1 Å². The second-order valence-electron chi connectivity index (χ2n) is 7.21. The summed E-state index contributed by atoms with van der Waals surface area (Å²) in [5.41, 5.74) is 1.75. The summed E-state index contributed by atoms with van der Waals surface area (Å²) < 4.78 is 39.8. The van der Waals surface area contributed by atoms with Crippen molar-refractivity contribution in [1.82, 2.24) is 4.31 Å². The van der Waals surface area contributed by atoms with Crippen LogP contribution in [0.15, 0.2) is 28.1 Å². The van der Waals surface area contributed by atoms with Gasteiger partial charge < -0.3 is 9.47 Å². The number of hydrogen-bond acceptors (Lipinski definition) is 7. The lowest BCUT2D eigenvalue weighted by atomic mass is 10.1. The Labute approximate surface area is 200 Å². The lowest BCUT2D eigenvalue weighted by Gasteiger charge is -2.35. The van der Waals surface area contributed by atoms with Crippen molar-refractivity contribution in [3.05, 3.63) is 44.7 Å². The molecule has 0 spiro atoms. The summed E-state index contributed by atoms with van der Waals surface area (Å²) in [4.78, 5) is 25.4. The fraction of sp³-hybridized carbons (Fsp3) is 0.429. The van der Waals surface area contributed by atoms with Gasteiger partial charge in [-0.3, -0.25) is 9.59 Å². The maximum absolute atomic E-state index is 13.4. The standard InChI is InChI=1S/C21H25BrN2O6S2/c1-4-5-12-30-17(25)13-24-20(26)18-14(2)19(22)31-21(18)23(32(24,27)28)11-10-15-8-6-7-9-16(15)29-3/h6-9H,4-5,10-13H2,1-3H3. The normalized spacial score (nSPS) is 14.9. The third-order valence-electron chi connectivity index (χ3n) is 5.10. The monoisotopic (exact) mass is 544 g/mol. The molecule has 1 aliphatic rings. The molecule has 1 aromatic heterocycles. The Morgan fingerprint density at radius 3 is 2.62 bits per heavy atom. The minimum absolute atomic E-state index is 0.0801. The Morgan fingerprint density at radius 2 is 1.94 bits per heavy atom. The molecule has 1 amide bonds. The molecule has 1 aliphatic heterocycles. The summed E-state index contributed by atoms with van der Waals surface area (Å²) in [7, 11) is -2.73. The van der Waals surface area contributed by atoms with Crippen LogP contribution in [0.1, 0.15) is 41.3 Å². The lowest BCUT2D eigenvalue weighted by Crippen LogP contribution is -2.53. The van der Waals surface area contributed by atoms with E-state index in [9.17, 15) is 18.0 Å². The van der Waals surface area contributed by atoms with Gasteiger partial charge in [0.2, 0.25) is 0 Å². The van der Waals surface area contributed by atoms with Gasteiger partial charge >= 0.3 is 16.2 Å². The highest BCUT2D eigenvalue weighted by Crippen LogP contribution is 2.44. The molecular formula is C21H25BrN2O6S2. The van der Waals surface area contributed by atoms with Crippen LogP contribution in [0.4, 0.5) is 5.00 Å². The number of para-hydroxylation sites is 1. The van der Waals surface area contributed by atoms with Gasteiger partial charge in [0.25, 0.3) is 5.91 Å². The summed E-state index contributed by atoms with van der Waals surface area (Å²) >= 11 is 4.60. The first-order valence-electron chi connectivity index (χ1n) is 10.1. The van der Waals surface area contributed by atoms with E-state index in [-0.39, 0.29) is 18.7 Å². The van der Waals surface area contributed by atoms with Crippen LogP contribution in [0.5, 0.6) is 5.75 Å². The SMILES string of the molecule is CCCCOC(=O)CN1C(=O)c2c(sc(Br)c2C)N(CCc2ccccc2OC)S1(=O)=O. The number of carbonyl (C=O) groups excluding carboxylic acids is 2. The maximum Gasteiger partial charge on any atom is 0.330 e. The molecule has 0 N–H and O–H groups in total. The Hall–Kier alpha value is -2.11. The van der Waals surface area contributed by atoms with E-state index in [1.165, 1.54) is 15.6 Å². The van der Waals surface area contributed by atoms with E-state index in [1.807, 2.05) is 25.1 Å². The predicted molar refractivity (Wildman–Crippen MR) is 127 cm³/mol. The molecular weight excluding hydrogens is 520 g/mol. The van der Waals surface area contributed by atoms with Gasteiger partial charge in [0.15, 0.2) is 0 Å². The number of thiophene rings is 1. The number of ether oxygens (including phenoxy) is 2. The smallest absolute Gasteiger partial charge is 0.330 e. The van der Waals surface area contributed by atoms with Crippen LogP contribution in [0.2, 0.25) is 0 Å². The third kappa shape index (κ3) is 4.79. The van der Waals surface area contributed by atoms with Gasteiger partial charge in [-0.15, -0.1) is 11.3 Å². The van der Waals surface area contributed by atoms with Gasteiger partial charge in [-0.2, -0.15) is 8.42 Å². The molecule has 11 heteroatoms. The van der Waals surface area contributed by atoms with Crippen molar-refractivity contribution >= 4 is 54.4 Å². The molecule has 0 fully saturated rings. The lowest BCUT2D eigenvalue weighted by molar-refractivity contribution is -0.143. The molecule has 0 atom stereocenters. The van der Waals surface area contributed by atoms with E-state index < -0.39 is 28.6 Å². The molecule has 0 aliphatic carbocycles. The number of benzene rings is 1. The van der Waals surface area contributed by atoms with Gasteiger partial charge in [0.1, 0.15) is 17.3 Å². The number of carbonyl (C=O) groups is 2. The topological polar surface area (TPSA) is 93.2 Å². The van der Waals surface area contributed by atoms with Crippen LogP contribution >= 0.6 is 27.3 Å². The van der Waals surface area contributed by atoms with E-state index in [2.05, 4.69) is 15.9 Å². The Morgan fingerprint density at radius 1 is 1.22 bits per heavy atom. The second-order valence-corrected chi connectivity index (χ2v) is 11.3. The van der Waals surface area contributed by atoms with Crippen molar-refractivity contribution in [2.24, 2.45) is 0 Å². The third-order valence-corrected chi connectivity index (χ3v) is 9.18. The summed E-state index contributed by atoms with van der Waals surface area (Å²) in [6, 6.07) is 7.35. The Balaban J connectivity index is 1.94. The van der Waals surface area contributed by atoms with Crippen molar-refractivity contribution in [3.63, 3.8) is 0 Å². The van der Waals surface area contributed by atoms with Crippen molar-refractivity contribution < 1.29 is 27.5 Å². The van der Waals surface area contributed by atoms with Crippen LogP contribution in [0, 0.1) is 6.92 Å². The number of halogens is 1. The quantitative estimate of drug-likeness (QED) is 0.350. The number of hydrogen-bond donors (Lipinski definition) is 0. The minimum Gasteiger partial charge on any atom is -0.496 e. The molecule has 174 valence electrons. The van der Waals surface area contributed by atoms with E-state index >= 15 is 0 Å². The highest BCUT2D eigenvalue weighted by atomic mass is 79.9. The largest absolute Gasteiger partial charge is 0.496 e. The average molecular weight is 545 g/mol. The molecule has 1 aromatic carbocycles.